The number of rotatable bonds is 7. The number of halogens is 2. The third kappa shape index (κ3) is 9.60. The fraction of sp³-hybridized carbons (Fsp3) is 0.333. The van der Waals surface area contributed by atoms with Gasteiger partial charge in [0.2, 0.25) is 0 Å². The van der Waals surface area contributed by atoms with Crippen LogP contribution in [-0.4, -0.2) is 24.6 Å². The fourth-order valence-corrected chi connectivity index (χ4v) is 2.47. The molecule has 4 N–H and O–H groups in total. The van der Waals surface area contributed by atoms with Gasteiger partial charge in [-0.15, -0.1) is 24.0 Å². The molecule has 0 radical (unpaired) electrons. The summed E-state index contributed by atoms with van der Waals surface area (Å²) < 4.78 is 13.3. The Bertz CT molecular complexity index is 796. The van der Waals surface area contributed by atoms with Gasteiger partial charge in [-0.05, 0) is 56.2 Å². The number of carbonyl (C=O) groups is 1. The van der Waals surface area contributed by atoms with E-state index in [-0.39, 0.29) is 41.9 Å². The van der Waals surface area contributed by atoms with E-state index >= 15 is 0 Å². The van der Waals surface area contributed by atoms with Crippen LogP contribution in [0.25, 0.3) is 0 Å². The molecule has 0 saturated carbocycles. The number of amides is 2. The summed E-state index contributed by atoms with van der Waals surface area (Å²) in [6, 6.07) is 13.9. The van der Waals surface area contributed by atoms with E-state index in [9.17, 15) is 9.18 Å². The number of urea groups is 1. The Morgan fingerprint density at radius 2 is 1.79 bits per heavy atom. The molecule has 0 saturated heterocycles. The van der Waals surface area contributed by atoms with Crippen LogP contribution < -0.4 is 21.3 Å². The molecule has 0 unspecified atom stereocenters. The van der Waals surface area contributed by atoms with E-state index in [1.807, 2.05) is 51.1 Å². The zero-order chi connectivity index (χ0) is 20.4. The molecule has 0 spiro atoms. The second kappa shape index (κ2) is 13.0. The number of aliphatic imine (C=N–C) groups is 1. The van der Waals surface area contributed by atoms with E-state index in [4.69, 9.17) is 0 Å². The van der Waals surface area contributed by atoms with E-state index in [1.165, 1.54) is 12.1 Å². The molecule has 0 aliphatic carbocycles. The van der Waals surface area contributed by atoms with Crippen molar-refractivity contribution in [2.45, 2.75) is 39.9 Å². The summed E-state index contributed by atoms with van der Waals surface area (Å²) >= 11 is 0. The Labute approximate surface area is 188 Å². The number of hydrogen-bond donors (Lipinski definition) is 4. The summed E-state index contributed by atoms with van der Waals surface area (Å²) in [7, 11) is 0. The number of benzene rings is 2. The topological polar surface area (TPSA) is 77.6 Å². The number of guanidine groups is 1. The summed E-state index contributed by atoms with van der Waals surface area (Å²) in [4.78, 5) is 16.2. The van der Waals surface area contributed by atoms with Crippen LogP contribution in [-0.2, 0) is 13.1 Å². The minimum absolute atomic E-state index is 0. The van der Waals surface area contributed by atoms with Crippen LogP contribution in [0.1, 0.15) is 31.9 Å². The molecule has 8 heteroatoms. The Hall–Kier alpha value is -2.36. The van der Waals surface area contributed by atoms with Gasteiger partial charge in [0.25, 0.3) is 0 Å². The Kier molecular flexibility index (Phi) is 11.0. The average molecular weight is 513 g/mol. The van der Waals surface area contributed by atoms with Gasteiger partial charge in [-0.2, -0.15) is 0 Å². The van der Waals surface area contributed by atoms with Gasteiger partial charge in [-0.25, -0.2) is 14.2 Å². The van der Waals surface area contributed by atoms with Gasteiger partial charge in [-0.1, -0.05) is 24.3 Å². The first kappa shape index (κ1) is 24.7. The number of anilines is 1. The number of hydrogen-bond acceptors (Lipinski definition) is 2. The lowest BCUT2D eigenvalue weighted by Gasteiger charge is -2.13. The fourth-order valence-electron chi connectivity index (χ4n) is 2.47. The Morgan fingerprint density at radius 1 is 1.07 bits per heavy atom. The predicted octanol–water partition coefficient (Wildman–Crippen LogP) is 4.23. The van der Waals surface area contributed by atoms with E-state index < -0.39 is 0 Å². The zero-order valence-corrected chi connectivity index (χ0v) is 19.3. The minimum Gasteiger partial charge on any atom is -0.357 e. The Morgan fingerprint density at radius 3 is 2.41 bits per heavy atom. The maximum atomic E-state index is 13.3. The first-order chi connectivity index (χ1) is 13.5. The van der Waals surface area contributed by atoms with Crippen molar-refractivity contribution in [3.05, 3.63) is 65.5 Å². The highest BCUT2D eigenvalue weighted by atomic mass is 127. The smallest absolute Gasteiger partial charge is 0.319 e. The van der Waals surface area contributed by atoms with E-state index in [1.54, 1.807) is 6.07 Å². The maximum Gasteiger partial charge on any atom is 0.319 e. The monoisotopic (exact) mass is 513 g/mol. The SMILES string of the molecule is CCNC(=NCc1cccc(F)c1)NCc1ccc(NC(=O)NC(C)C)cc1.I. The molecule has 0 aliphatic rings. The van der Waals surface area contributed by atoms with Crippen molar-refractivity contribution in [1.29, 1.82) is 0 Å². The molecule has 0 aliphatic heterocycles. The third-order valence-electron chi connectivity index (χ3n) is 3.74. The molecular weight excluding hydrogens is 484 g/mol. The van der Waals surface area contributed by atoms with Crippen molar-refractivity contribution in [2.24, 2.45) is 4.99 Å². The lowest BCUT2D eigenvalue weighted by atomic mass is 10.2. The van der Waals surface area contributed by atoms with Gasteiger partial charge in [0.1, 0.15) is 5.82 Å². The molecule has 158 valence electrons. The van der Waals surface area contributed by atoms with Crippen molar-refractivity contribution in [3.8, 4) is 0 Å². The minimum atomic E-state index is -0.263. The molecule has 2 aromatic rings. The summed E-state index contributed by atoms with van der Waals surface area (Å²) in [5, 5.41) is 12.0. The van der Waals surface area contributed by atoms with Gasteiger partial charge < -0.3 is 21.3 Å². The first-order valence-corrected chi connectivity index (χ1v) is 9.39. The van der Waals surface area contributed by atoms with Gasteiger partial charge in [0.15, 0.2) is 5.96 Å². The summed E-state index contributed by atoms with van der Waals surface area (Å²) in [5.74, 6) is 0.395. The largest absolute Gasteiger partial charge is 0.357 e. The lowest BCUT2D eigenvalue weighted by molar-refractivity contribution is 0.250. The van der Waals surface area contributed by atoms with Crippen LogP contribution in [0.2, 0.25) is 0 Å². The molecule has 2 rings (SSSR count). The van der Waals surface area contributed by atoms with Crippen molar-refractivity contribution in [2.75, 3.05) is 11.9 Å². The number of nitrogens with one attached hydrogen (secondary N) is 4. The molecule has 0 bridgehead atoms. The first-order valence-electron chi connectivity index (χ1n) is 9.39. The summed E-state index contributed by atoms with van der Waals surface area (Å²) in [5.41, 5.74) is 2.59. The van der Waals surface area contributed by atoms with Gasteiger partial charge >= 0.3 is 6.03 Å². The van der Waals surface area contributed by atoms with Crippen LogP contribution in [0.3, 0.4) is 0 Å². The van der Waals surface area contributed by atoms with Crippen LogP contribution >= 0.6 is 24.0 Å². The quantitative estimate of drug-likeness (QED) is 0.254. The average Bonchev–Trinajstić information content (AvgIpc) is 2.64. The van der Waals surface area contributed by atoms with Crippen molar-refractivity contribution in [1.82, 2.24) is 16.0 Å². The molecule has 2 amide bonds. The second-order valence-electron chi connectivity index (χ2n) is 6.63. The van der Waals surface area contributed by atoms with E-state index in [0.29, 0.717) is 19.0 Å². The summed E-state index contributed by atoms with van der Waals surface area (Å²) in [6.45, 7) is 7.50. The normalized spacial score (nSPS) is 10.9. The molecule has 0 atom stereocenters. The molecule has 0 aromatic heterocycles. The molecule has 29 heavy (non-hydrogen) atoms. The van der Waals surface area contributed by atoms with Crippen LogP contribution in [0.5, 0.6) is 0 Å². The van der Waals surface area contributed by atoms with E-state index in [0.717, 1.165) is 23.4 Å². The highest BCUT2D eigenvalue weighted by Crippen LogP contribution is 2.09. The molecular formula is C21H29FIN5O. The molecule has 0 heterocycles. The predicted molar refractivity (Wildman–Crippen MR) is 127 cm³/mol. The third-order valence-corrected chi connectivity index (χ3v) is 3.74. The Balaban J connectivity index is 0.00000420. The van der Waals surface area contributed by atoms with Crippen molar-refractivity contribution < 1.29 is 9.18 Å². The highest BCUT2D eigenvalue weighted by Gasteiger charge is 2.04. The van der Waals surface area contributed by atoms with Crippen LogP contribution in [0, 0.1) is 5.82 Å². The molecule has 6 nitrogen and oxygen atoms in total. The van der Waals surface area contributed by atoms with Crippen LogP contribution in [0.15, 0.2) is 53.5 Å². The number of nitrogens with zero attached hydrogens (tertiary/aromatic N) is 1. The van der Waals surface area contributed by atoms with Gasteiger partial charge in [-0.3, -0.25) is 0 Å². The zero-order valence-electron chi connectivity index (χ0n) is 17.0. The standard InChI is InChI=1S/C21H28FN5O.HI/c1-4-23-20(25-14-17-6-5-7-18(22)12-17)24-13-16-8-10-19(11-9-16)27-21(28)26-15(2)3;/h5-12,15H,4,13-14H2,1-3H3,(H2,23,24,25)(H2,26,27,28);1H. The van der Waals surface area contributed by atoms with Crippen molar-refractivity contribution in [3.63, 3.8) is 0 Å². The molecule has 0 fully saturated rings. The van der Waals surface area contributed by atoms with E-state index in [2.05, 4.69) is 26.3 Å². The highest BCUT2D eigenvalue weighted by molar-refractivity contribution is 14.0. The number of carbonyl (C=O) groups excluding carboxylic acids is 1. The molecule has 2 aromatic carbocycles. The second-order valence-corrected chi connectivity index (χ2v) is 6.63. The van der Waals surface area contributed by atoms with Gasteiger partial charge in [0.05, 0.1) is 6.54 Å². The van der Waals surface area contributed by atoms with Gasteiger partial charge in [0, 0.05) is 24.8 Å². The van der Waals surface area contributed by atoms with Crippen molar-refractivity contribution >= 4 is 41.7 Å². The maximum absolute atomic E-state index is 13.3. The lowest BCUT2D eigenvalue weighted by Crippen LogP contribution is -2.36. The van der Waals surface area contributed by atoms with Crippen LogP contribution in [0.4, 0.5) is 14.9 Å². The summed E-state index contributed by atoms with van der Waals surface area (Å²) in [6.07, 6.45) is 0.